The van der Waals surface area contributed by atoms with E-state index >= 15 is 0 Å². The lowest BCUT2D eigenvalue weighted by atomic mass is 10.1. The first-order chi connectivity index (χ1) is 11.6. The number of fused-ring (bicyclic) bond motifs is 1. The highest BCUT2D eigenvalue weighted by Gasteiger charge is 2.09. The van der Waals surface area contributed by atoms with E-state index in [2.05, 4.69) is 15.4 Å². The maximum Gasteiger partial charge on any atom is 0.241 e. The van der Waals surface area contributed by atoms with Crippen molar-refractivity contribution in [2.24, 2.45) is 0 Å². The largest absolute Gasteiger partial charge is 0.497 e. The maximum atomic E-state index is 12.0. The van der Waals surface area contributed by atoms with Crippen LogP contribution in [-0.4, -0.2) is 34.3 Å². The fourth-order valence-electron chi connectivity index (χ4n) is 2.71. The summed E-state index contributed by atoms with van der Waals surface area (Å²) < 4.78 is 6.76. The van der Waals surface area contributed by atoms with Crippen LogP contribution in [0, 0.1) is 6.92 Å². The summed E-state index contributed by atoms with van der Waals surface area (Å²) in [5, 5.41) is 8.19. The molecule has 1 amide bonds. The number of amides is 1. The Bertz CT molecular complexity index is 865. The van der Waals surface area contributed by atoms with Crippen molar-refractivity contribution in [1.82, 2.24) is 20.1 Å². The van der Waals surface area contributed by atoms with Crippen molar-refractivity contribution >= 4 is 22.6 Å². The second-order valence-corrected chi connectivity index (χ2v) is 5.69. The number of nitrogens with zero attached hydrogens (tertiary/aromatic N) is 2. The molecule has 1 aromatic carbocycles. The smallest absolute Gasteiger partial charge is 0.241 e. The third kappa shape index (κ3) is 3.34. The highest BCUT2D eigenvalue weighted by Crippen LogP contribution is 2.23. The molecule has 0 aliphatic rings. The van der Waals surface area contributed by atoms with Gasteiger partial charge in [-0.25, -0.2) is 4.68 Å². The molecule has 2 heterocycles. The fraction of sp³-hybridized carbons (Fsp3) is 0.294. The Morgan fingerprint density at radius 2 is 2.25 bits per heavy atom. The van der Waals surface area contributed by atoms with Crippen LogP contribution in [0.2, 0.25) is 0 Å². The molecule has 3 aromatic rings. The number of rotatable bonds is 6. The van der Waals surface area contributed by atoms with E-state index in [-0.39, 0.29) is 12.5 Å². The summed E-state index contributed by atoms with van der Waals surface area (Å²) in [5.74, 6) is 1.20. The Morgan fingerprint density at radius 3 is 2.96 bits per heavy atom. The molecule has 3 rings (SSSR count). The number of H-pyrrole nitrogens is 1. The number of aromatic amines is 1. The lowest BCUT2D eigenvalue weighted by Gasteiger charge is -2.06. The zero-order valence-electron chi connectivity index (χ0n) is 13.8. The Hall–Kier alpha value is -2.96. The second-order valence-electron chi connectivity index (χ2n) is 5.69. The Labute approximate surface area is 139 Å². The number of hydrogen-bond donors (Lipinski definition) is 3. The minimum absolute atomic E-state index is 0.109. The van der Waals surface area contributed by atoms with Gasteiger partial charge in [-0.2, -0.15) is 5.10 Å². The van der Waals surface area contributed by atoms with E-state index in [0.717, 1.165) is 34.3 Å². The van der Waals surface area contributed by atoms with Gasteiger partial charge in [0.1, 0.15) is 18.1 Å². The number of nitrogen functional groups attached to an aromatic ring is 1. The van der Waals surface area contributed by atoms with Crippen LogP contribution in [0.3, 0.4) is 0 Å². The first-order valence-corrected chi connectivity index (χ1v) is 7.77. The van der Waals surface area contributed by atoms with E-state index in [1.807, 2.05) is 31.3 Å². The van der Waals surface area contributed by atoms with E-state index in [1.54, 1.807) is 13.2 Å². The molecule has 7 nitrogen and oxygen atoms in total. The summed E-state index contributed by atoms with van der Waals surface area (Å²) in [5.41, 5.74) is 8.78. The van der Waals surface area contributed by atoms with Crippen molar-refractivity contribution in [3.8, 4) is 5.75 Å². The predicted molar refractivity (Wildman–Crippen MR) is 92.9 cm³/mol. The normalized spacial score (nSPS) is 10.9. The SMILES string of the molecule is COc1ccc2[nH]cc(CCNC(=O)Cn3nc(C)cc3N)c2c1. The van der Waals surface area contributed by atoms with Gasteiger partial charge in [0.05, 0.1) is 12.8 Å². The van der Waals surface area contributed by atoms with E-state index in [9.17, 15) is 4.79 Å². The number of benzene rings is 1. The number of carbonyl (C=O) groups excluding carboxylic acids is 1. The number of ether oxygens (including phenoxy) is 1. The summed E-state index contributed by atoms with van der Waals surface area (Å²) in [6.07, 6.45) is 2.69. The number of aryl methyl sites for hydroxylation is 1. The first-order valence-electron chi connectivity index (χ1n) is 7.77. The van der Waals surface area contributed by atoms with Crippen molar-refractivity contribution in [1.29, 1.82) is 0 Å². The maximum absolute atomic E-state index is 12.0. The highest BCUT2D eigenvalue weighted by molar-refractivity contribution is 5.84. The number of carbonyl (C=O) groups is 1. The number of hydrogen-bond acceptors (Lipinski definition) is 4. The second kappa shape index (κ2) is 6.66. The van der Waals surface area contributed by atoms with Gasteiger partial charge in [0.15, 0.2) is 0 Å². The van der Waals surface area contributed by atoms with Crippen LogP contribution in [0.15, 0.2) is 30.5 Å². The molecular weight excluding hydrogens is 306 g/mol. The Balaban J connectivity index is 1.58. The van der Waals surface area contributed by atoms with Gasteiger partial charge in [-0.15, -0.1) is 0 Å². The third-order valence-electron chi connectivity index (χ3n) is 3.92. The summed E-state index contributed by atoms with van der Waals surface area (Å²) >= 11 is 0. The van der Waals surface area contributed by atoms with Crippen LogP contribution in [-0.2, 0) is 17.8 Å². The lowest BCUT2D eigenvalue weighted by Crippen LogP contribution is -2.30. The van der Waals surface area contributed by atoms with Crippen LogP contribution >= 0.6 is 0 Å². The molecular formula is C17H21N5O2. The lowest BCUT2D eigenvalue weighted by molar-refractivity contribution is -0.121. The van der Waals surface area contributed by atoms with Crippen LogP contribution in [0.25, 0.3) is 10.9 Å². The van der Waals surface area contributed by atoms with Gasteiger partial charge in [0, 0.05) is 29.7 Å². The average molecular weight is 327 g/mol. The van der Waals surface area contributed by atoms with Gasteiger partial charge in [-0.3, -0.25) is 4.79 Å². The van der Waals surface area contributed by atoms with Crippen molar-refractivity contribution in [3.63, 3.8) is 0 Å². The van der Waals surface area contributed by atoms with E-state index < -0.39 is 0 Å². The zero-order chi connectivity index (χ0) is 17.1. The summed E-state index contributed by atoms with van der Waals surface area (Å²) in [4.78, 5) is 15.2. The molecule has 0 bridgehead atoms. The summed E-state index contributed by atoms with van der Waals surface area (Å²) in [6.45, 7) is 2.51. The molecule has 0 unspecified atom stereocenters. The molecule has 7 heteroatoms. The van der Waals surface area contributed by atoms with Gasteiger partial charge in [0.2, 0.25) is 5.91 Å². The van der Waals surface area contributed by atoms with Crippen LogP contribution in [0.1, 0.15) is 11.3 Å². The van der Waals surface area contributed by atoms with Crippen molar-refractivity contribution < 1.29 is 9.53 Å². The monoisotopic (exact) mass is 327 g/mol. The van der Waals surface area contributed by atoms with Crippen LogP contribution in [0.5, 0.6) is 5.75 Å². The summed E-state index contributed by atoms with van der Waals surface area (Å²) in [7, 11) is 1.65. The summed E-state index contributed by atoms with van der Waals surface area (Å²) in [6, 6.07) is 7.64. The number of anilines is 1. The molecule has 2 aromatic heterocycles. The molecule has 0 saturated heterocycles. The molecule has 0 aliphatic carbocycles. The number of methoxy groups -OCH3 is 1. The third-order valence-corrected chi connectivity index (χ3v) is 3.92. The predicted octanol–water partition coefficient (Wildman–Crippen LogP) is 1.62. The Kier molecular flexibility index (Phi) is 4.41. The number of aromatic nitrogens is 3. The molecule has 0 fully saturated rings. The van der Waals surface area contributed by atoms with Crippen molar-refractivity contribution in [2.45, 2.75) is 19.9 Å². The fourth-order valence-corrected chi connectivity index (χ4v) is 2.71. The minimum atomic E-state index is -0.109. The van der Waals surface area contributed by atoms with Gasteiger partial charge in [-0.1, -0.05) is 0 Å². The van der Waals surface area contributed by atoms with Gasteiger partial charge in [-0.05, 0) is 37.1 Å². The van der Waals surface area contributed by atoms with Gasteiger partial charge < -0.3 is 20.8 Å². The van der Waals surface area contributed by atoms with E-state index in [0.29, 0.717) is 12.4 Å². The van der Waals surface area contributed by atoms with Crippen molar-refractivity contribution in [2.75, 3.05) is 19.4 Å². The first kappa shape index (κ1) is 15.9. The highest BCUT2D eigenvalue weighted by atomic mass is 16.5. The van der Waals surface area contributed by atoms with E-state index in [4.69, 9.17) is 10.5 Å². The van der Waals surface area contributed by atoms with Gasteiger partial charge >= 0.3 is 0 Å². The molecule has 0 atom stereocenters. The minimum Gasteiger partial charge on any atom is -0.497 e. The number of nitrogens with one attached hydrogen (secondary N) is 2. The standard InChI is InChI=1S/C17H21N5O2/c1-11-7-16(18)22(21-11)10-17(23)19-6-5-12-9-20-15-4-3-13(24-2)8-14(12)15/h3-4,7-9,20H,5-6,10,18H2,1-2H3,(H,19,23). The van der Waals surface area contributed by atoms with Crippen LogP contribution in [0.4, 0.5) is 5.82 Å². The molecule has 4 N–H and O–H groups in total. The van der Waals surface area contributed by atoms with Crippen LogP contribution < -0.4 is 15.8 Å². The van der Waals surface area contributed by atoms with E-state index in [1.165, 1.54) is 4.68 Å². The molecule has 126 valence electrons. The molecule has 0 saturated carbocycles. The van der Waals surface area contributed by atoms with Crippen molar-refractivity contribution in [3.05, 3.63) is 41.7 Å². The molecule has 0 aliphatic heterocycles. The topological polar surface area (TPSA) is 98.0 Å². The Morgan fingerprint density at radius 1 is 1.42 bits per heavy atom. The molecule has 0 spiro atoms. The zero-order valence-corrected chi connectivity index (χ0v) is 13.8. The molecule has 24 heavy (non-hydrogen) atoms. The average Bonchev–Trinajstić information content (AvgIpc) is 3.10. The van der Waals surface area contributed by atoms with Gasteiger partial charge in [0.25, 0.3) is 0 Å². The number of nitrogens with two attached hydrogens (primary N) is 1. The molecule has 0 radical (unpaired) electrons. The quantitative estimate of drug-likeness (QED) is 0.641.